The Morgan fingerprint density at radius 2 is 1.70 bits per heavy atom. The summed E-state index contributed by atoms with van der Waals surface area (Å²) in [5.74, 6) is 0.217. The summed E-state index contributed by atoms with van der Waals surface area (Å²) >= 11 is 0. The third-order valence-electron chi connectivity index (χ3n) is 4.62. The highest BCUT2D eigenvalue weighted by molar-refractivity contribution is 7.89. The fraction of sp³-hybridized carbons (Fsp3) is 1.00. The van der Waals surface area contributed by atoms with Gasteiger partial charge in [0.2, 0.25) is 10.0 Å². The minimum absolute atomic E-state index is 0.217. The first kappa shape index (κ1) is 14.7. The summed E-state index contributed by atoms with van der Waals surface area (Å²) in [4.78, 5) is 2.25. The second-order valence-corrected chi connectivity index (χ2v) is 8.03. The van der Waals surface area contributed by atoms with Crippen molar-refractivity contribution in [3.05, 3.63) is 0 Å². The van der Waals surface area contributed by atoms with Crippen molar-refractivity contribution in [1.29, 1.82) is 0 Å². The minimum atomic E-state index is -3.23. The maximum atomic E-state index is 12.7. The Hall–Kier alpha value is -0.210. The molecule has 0 unspecified atom stereocenters. The van der Waals surface area contributed by atoms with Crippen LogP contribution in [0.4, 0.5) is 0 Å². The third kappa shape index (κ3) is 2.87. The second-order valence-electron chi connectivity index (χ2n) is 6.02. The summed E-state index contributed by atoms with van der Waals surface area (Å²) in [6, 6.07) is 0. The van der Waals surface area contributed by atoms with E-state index < -0.39 is 15.6 Å². The molecule has 3 heterocycles. The Kier molecular flexibility index (Phi) is 4.33. The second kappa shape index (κ2) is 5.88. The predicted octanol–water partition coefficient (Wildman–Crippen LogP) is -0.0967. The van der Waals surface area contributed by atoms with E-state index in [9.17, 15) is 8.42 Å². The van der Waals surface area contributed by atoms with Gasteiger partial charge in [0.1, 0.15) is 0 Å². The molecule has 0 bridgehead atoms. The number of hydrogen-bond donors (Lipinski definition) is 0. The van der Waals surface area contributed by atoms with Gasteiger partial charge in [0.05, 0.1) is 31.1 Å². The van der Waals surface area contributed by atoms with Gasteiger partial charge in [0.25, 0.3) is 0 Å². The molecule has 0 saturated carbocycles. The molecule has 6 nitrogen and oxygen atoms in total. The van der Waals surface area contributed by atoms with Gasteiger partial charge in [-0.05, 0) is 32.4 Å². The number of sulfonamides is 1. The maximum absolute atomic E-state index is 12.7. The summed E-state index contributed by atoms with van der Waals surface area (Å²) < 4.78 is 38.0. The van der Waals surface area contributed by atoms with E-state index in [1.54, 1.807) is 4.31 Å². The first-order valence-electron chi connectivity index (χ1n) is 7.51. The van der Waals surface area contributed by atoms with E-state index in [2.05, 4.69) is 4.90 Å². The highest BCUT2D eigenvalue weighted by atomic mass is 32.2. The zero-order valence-corrected chi connectivity index (χ0v) is 12.7. The van der Waals surface area contributed by atoms with Crippen molar-refractivity contribution in [2.45, 2.75) is 24.8 Å². The average molecular weight is 304 g/mol. The summed E-state index contributed by atoms with van der Waals surface area (Å²) in [5.41, 5.74) is -0.442. The first-order chi connectivity index (χ1) is 9.62. The van der Waals surface area contributed by atoms with E-state index in [1.165, 1.54) is 12.8 Å². The Balaban J connectivity index is 1.67. The quantitative estimate of drug-likeness (QED) is 0.726. The molecular formula is C13H24N2O4S. The summed E-state index contributed by atoms with van der Waals surface area (Å²) in [6.45, 7) is 5.24. The van der Waals surface area contributed by atoms with Crippen LogP contribution in [0.2, 0.25) is 0 Å². The molecule has 3 fully saturated rings. The van der Waals surface area contributed by atoms with E-state index >= 15 is 0 Å². The zero-order valence-electron chi connectivity index (χ0n) is 11.9. The average Bonchev–Trinajstić information content (AvgIpc) is 3.09. The van der Waals surface area contributed by atoms with Gasteiger partial charge in [0, 0.05) is 19.7 Å². The van der Waals surface area contributed by atoms with Crippen LogP contribution in [0.5, 0.6) is 0 Å². The lowest BCUT2D eigenvalue weighted by molar-refractivity contribution is -0.0293. The molecule has 0 amide bonds. The minimum Gasteiger partial charge on any atom is -0.379 e. The molecular weight excluding hydrogens is 280 g/mol. The van der Waals surface area contributed by atoms with Gasteiger partial charge in [-0.25, -0.2) is 8.42 Å². The van der Waals surface area contributed by atoms with Crippen LogP contribution >= 0.6 is 0 Å². The SMILES string of the molecule is O=S(=O)(CCN1CCCC1)N1CCOC[C@@]12CCOC2. The molecule has 3 saturated heterocycles. The topological polar surface area (TPSA) is 59.1 Å². The lowest BCUT2D eigenvalue weighted by Gasteiger charge is -2.42. The fourth-order valence-corrected chi connectivity index (χ4v) is 5.27. The number of morpholine rings is 1. The molecule has 0 aliphatic carbocycles. The molecule has 0 aromatic rings. The highest BCUT2D eigenvalue weighted by Gasteiger charge is 2.48. The Labute approximate surface area is 121 Å². The van der Waals surface area contributed by atoms with Crippen molar-refractivity contribution >= 4 is 10.0 Å². The van der Waals surface area contributed by atoms with Gasteiger partial charge in [-0.2, -0.15) is 4.31 Å². The van der Waals surface area contributed by atoms with Gasteiger partial charge >= 0.3 is 0 Å². The van der Waals surface area contributed by atoms with Crippen molar-refractivity contribution in [3.63, 3.8) is 0 Å². The molecule has 0 aromatic heterocycles. The zero-order chi connectivity index (χ0) is 14.1. The van der Waals surface area contributed by atoms with Crippen molar-refractivity contribution in [3.8, 4) is 0 Å². The van der Waals surface area contributed by atoms with E-state index in [0.717, 1.165) is 19.5 Å². The van der Waals surface area contributed by atoms with Crippen LogP contribution in [0, 0.1) is 0 Å². The molecule has 3 rings (SSSR count). The van der Waals surface area contributed by atoms with Crippen molar-refractivity contribution in [1.82, 2.24) is 9.21 Å². The van der Waals surface area contributed by atoms with Crippen molar-refractivity contribution in [2.24, 2.45) is 0 Å². The van der Waals surface area contributed by atoms with Crippen molar-refractivity contribution in [2.75, 3.05) is 58.4 Å². The smallest absolute Gasteiger partial charge is 0.216 e. The van der Waals surface area contributed by atoms with Crippen LogP contribution < -0.4 is 0 Å². The lowest BCUT2D eigenvalue weighted by atomic mass is 9.99. The normalized spacial score (nSPS) is 33.2. The number of nitrogens with zero attached hydrogens (tertiary/aromatic N) is 2. The van der Waals surface area contributed by atoms with Gasteiger partial charge in [-0.1, -0.05) is 0 Å². The third-order valence-corrected chi connectivity index (χ3v) is 6.56. The predicted molar refractivity (Wildman–Crippen MR) is 75.2 cm³/mol. The maximum Gasteiger partial charge on any atom is 0.216 e. The molecule has 20 heavy (non-hydrogen) atoms. The van der Waals surface area contributed by atoms with Gasteiger partial charge in [-0.15, -0.1) is 0 Å². The van der Waals surface area contributed by atoms with E-state index in [1.807, 2.05) is 0 Å². The molecule has 7 heteroatoms. The molecule has 1 atom stereocenters. The van der Waals surface area contributed by atoms with Gasteiger partial charge < -0.3 is 14.4 Å². The van der Waals surface area contributed by atoms with Crippen LogP contribution in [0.3, 0.4) is 0 Å². The van der Waals surface area contributed by atoms with E-state index in [0.29, 0.717) is 39.5 Å². The van der Waals surface area contributed by atoms with E-state index in [-0.39, 0.29) is 5.75 Å². The number of ether oxygens (including phenoxy) is 2. The van der Waals surface area contributed by atoms with Crippen LogP contribution in [0.25, 0.3) is 0 Å². The van der Waals surface area contributed by atoms with Crippen molar-refractivity contribution < 1.29 is 17.9 Å². The fourth-order valence-electron chi connectivity index (χ4n) is 3.42. The van der Waals surface area contributed by atoms with Crippen LogP contribution in [0.1, 0.15) is 19.3 Å². The number of likely N-dealkylation sites (tertiary alicyclic amines) is 1. The lowest BCUT2D eigenvalue weighted by Crippen LogP contribution is -2.60. The summed E-state index contributed by atoms with van der Waals surface area (Å²) in [6.07, 6.45) is 3.13. The van der Waals surface area contributed by atoms with E-state index in [4.69, 9.17) is 9.47 Å². The molecule has 0 aromatic carbocycles. The molecule has 0 radical (unpaired) electrons. The monoisotopic (exact) mass is 304 g/mol. The standard InChI is InChI=1S/C13H24N2O4S/c16-20(17,10-7-14-4-1-2-5-14)15-6-9-19-12-13(15)3-8-18-11-13/h1-12H2/t13-/m0/s1. The Bertz CT molecular complexity index is 428. The molecule has 116 valence electrons. The Morgan fingerprint density at radius 1 is 1.00 bits per heavy atom. The Morgan fingerprint density at radius 3 is 2.35 bits per heavy atom. The van der Waals surface area contributed by atoms with Gasteiger partial charge in [-0.3, -0.25) is 0 Å². The summed E-state index contributed by atoms with van der Waals surface area (Å²) in [5, 5.41) is 0. The largest absolute Gasteiger partial charge is 0.379 e. The van der Waals surface area contributed by atoms with Crippen LogP contribution in [-0.4, -0.2) is 81.5 Å². The van der Waals surface area contributed by atoms with Crippen LogP contribution in [-0.2, 0) is 19.5 Å². The molecule has 3 aliphatic rings. The summed E-state index contributed by atoms with van der Waals surface area (Å²) in [7, 11) is -3.23. The van der Waals surface area contributed by atoms with Gasteiger partial charge in [0.15, 0.2) is 0 Å². The number of hydrogen-bond acceptors (Lipinski definition) is 5. The molecule has 3 aliphatic heterocycles. The molecule has 0 N–H and O–H groups in total. The highest BCUT2D eigenvalue weighted by Crippen LogP contribution is 2.31. The molecule has 1 spiro atoms. The van der Waals surface area contributed by atoms with Crippen LogP contribution in [0.15, 0.2) is 0 Å². The first-order valence-corrected chi connectivity index (χ1v) is 9.12. The number of rotatable bonds is 4.